The first-order chi connectivity index (χ1) is 7.29. The van der Waals surface area contributed by atoms with E-state index in [0.29, 0.717) is 13.1 Å². The standard InChI is InChI=1S/C6H8N8O/c7-10-9-5-1-13(2-5)6(15)3-14-4-8-11-12-14/h4-5H,1-3H2. The van der Waals surface area contributed by atoms with Crippen molar-refractivity contribution in [3.63, 3.8) is 0 Å². The molecule has 1 aromatic rings. The number of carbonyl (C=O) groups is 1. The van der Waals surface area contributed by atoms with E-state index in [1.165, 1.54) is 11.0 Å². The Morgan fingerprint density at radius 3 is 3.07 bits per heavy atom. The van der Waals surface area contributed by atoms with E-state index < -0.39 is 0 Å². The van der Waals surface area contributed by atoms with Gasteiger partial charge in [0.2, 0.25) is 5.91 Å². The molecule has 1 aromatic heterocycles. The number of nitrogens with zero attached hydrogens (tertiary/aromatic N) is 8. The molecule has 1 fully saturated rings. The number of hydrogen-bond acceptors (Lipinski definition) is 5. The second-order valence-electron chi connectivity index (χ2n) is 3.16. The summed E-state index contributed by atoms with van der Waals surface area (Å²) in [5, 5.41) is 13.9. The lowest BCUT2D eigenvalue weighted by molar-refractivity contribution is -0.136. The number of rotatable bonds is 3. The molecule has 0 bridgehead atoms. The van der Waals surface area contributed by atoms with Gasteiger partial charge in [0, 0.05) is 18.0 Å². The zero-order valence-corrected chi connectivity index (χ0v) is 7.76. The summed E-state index contributed by atoms with van der Waals surface area (Å²) < 4.78 is 1.35. The van der Waals surface area contributed by atoms with Crippen molar-refractivity contribution in [2.45, 2.75) is 12.6 Å². The molecule has 0 atom stereocenters. The van der Waals surface area contributed by atoms with E-state index in [2.05, 4.69) is 25.6 Å². The normalized spacial score (nSPS) is 15.6. The van der Waals surface area contributed by atoms with Crippen molar-refractivity contribution >= 4 is 5.91 Å². The number of tetrazole rings is 1. The van der Waals surface area contributed by atoms with Gasteiger partial charge in [0.05, 0.1) is 6.04 Å². The van der Waals surface area contributed by atoms with Crippen LogP contribution in [0.4, 0.5) is 0 Å². The molecule has 1 aliphatic rings. The van der Waals surface area contributed by atoms with Crippen LogP contribution in [0.5, 0.6) is 0 Å². The minimum Gasteiger partial charge on any atom is -0.340 e. The SMILES string of the molecule is [N-]=[N+]=NC1CN(C(=O)Cn2cnnn2)C1. The lowest BCUT2D eigenvalue weighted by atomic mass is 10.1. The van der Waals surface area contributed by atoms with Gasteiger partial charge in [0.25, 0.3) is 0 Å². The third-order valence-electron chi connectivity index (χ3n) is 2.12. The molecule has 78 valence electrons. The molecule has 1 saturated heterocycles. The molecule has 2 heterocycles. The van der Waals surface area contributed by atoms with Crippen LogP contribution in [0.1, 0.15) is 0 Å². The fourth-order valence-electron chi connectivity index (χ4n) is 1.30. The van der Waals surface area contributed by atoms with Crippen LogP contribution >= 0.6 is 0 Å². The van der Waals surface area contributed by atoms with Crippen LogP contribution in [-0.4, -0.2) is 50.1 Å². The first-order valence-corrected chi connectivity index (χ1v) is 4.32. The van der Waals surface area contributed by atoms with E-state index in [0.717, 1.165) is 0 Å². The molecule has 1 amide bonds. The summed E-state index contributed by atoms with van der Waals surface area (Å²) in [5.74, 6) is -0.0771. The van der Waals surface area contributed by atoms with Gasteiger partial charge >= 0.3 is 0 Å². The minimum atomic E-state index is -0.0900. The van der Waals surface area contributed by atoms with Crippen LogP contribution in [0, 0.1) is 0 Å². The summed E-state index contributed by atoms with van der Waals surface area (Å²) in [4.78, 5) is 15.8. The van der Waals surface area contributed by atoms with E-state index in [4.69, 9.17) is 5.53 Å². The number of amides is 1. The van der Waals surface area contributed by atoms with Gasteiger partial charge in [0.1, 0.15) is 12.9 Å². The Kier molecular flexibility index (Phi) is 2.46. The average Bonchev–Trinajstić information content (AvgIpc) is 2.62. The topological polar surface area (TPSA) is 113 Å². The second kappa shape index (κ2) is 3.93. The van der Waals surface area contributed by atoms with Crippen molar-refractivity contribution < 1.29 is 4.79 Å². The maximum Gasteiger partial charge on any atom is 0.244 e. The van der Waals surface area contributed by atoms with Gasteiger partial charge in [0.15, 0.2) is 0 Å². The predicted octanol–water partition coefficient (Wildman–Crippen LogP) is -0.806. The Hall–Kier alpha value is -2.15. The van der Waals surface area contributed by atoms with Crippen LogP contribution in [0.2, 0.25) is 0 Å². The van der Waals surface area contributed by atoms with Crippen LogP contribution in [-0.2, 0) is 11.3 Å². The molecule has 0 aromatic carbocycles. The fourth-order valence-corrected chi connectivity index (χ4v) is 1.30. The van der Waals surface area contributed by atoms with Crippen molar-refractivity contribution in [1.29, 1.82) is 0 Å². The quantitative estimate of drug-likeness (QED) is 0.367. The maximum atomic E-state index is 11.5. The van der Waals surface area contributed by atoms with E-state index >= 15 is 0 Å². The largest absolute Gasteiger partial charge is 0.340 e. The van der Waals surface area contributed by atoms with Gasteiger partial charge in [-0.05, 0) is 16.0 Å². The van der Waals surface area contributed by atoms with Gasteiger partial charge < -0.3 is 4.90 Å². The van der Waals surface area contributed by atoms with Crippen molar-refractivity contribution in [3.8, 4) is 0 Å². The number of aromatic nitrogens is 4. The fraction of sp³-hybridized carbons (Fsp3) is 0.667. The Balaban J connectivity index is 1.82. The molecule has 9 heteroatoms. The summed E-state index contributed by atoms with van der Waals surface area (Å²) in [7, 11) is 0. The van der Waals surface area contributed by atoms with Crippen molar-refractivity contribution in [2.24, 2.45) is 5.11 Å². The first kappa shape index (κ1) is 9.41. The molecule has 0 spiro atoms. The number of likely N-dealkylation sites (tertiary alicyclic amines) is 1. The highest BCUT2D eigenvalue weighted by atomic mass is 16.2. The molecule has 9 nitrogen and oxygen atoms in total. The highest BCUT2D eigenvalue weighted by molar-refractivity contribution is 5.76. The zero-order chi connectivity index (χ0) is 10.7. The third kappa shape index (κ3) is 2.02. The molecule has 0 aliphatic carbocycles. The summed E-state index contributed by atoms with van der Waals surface area (Å²) >= 11 is 0. The molecule has 0 saturated carbocycles. The smallest absolute Gasteiger partial charge is 0.244 e. The van der Waals surface area contributed by atoms with E-state index in [-0.39, 0.29) is 18.5 Å². The molecule has 15 heavy (non-hydrogen) atoms. The van der Waals surface area contributed by atoms with Crippen LogP contribution in [0.15, 0.2) is 11.4 Å². The molecule has 0 N–H and O–H groups in total. The Bertz CT molecular complexity index is 387. The van der Waals surface area contributed by atoms with Crippen LogP contribution < -0.4 is 0 Å². The van der Waals surface area contributed by atoms with Crippen molar-refractivity contribution in [1.82, 2.24) is 25.1 Å². The average molecular weight is 208 g/mol. The van der Waals surface area contributed by atoms with E-state index in [1.807, 2.05) is 0 Å². The summed E-state index contributed by atoms with van der Waals surface area (Å²) in [6.07, 6.45) is 1.38. The highest BCUT2D eigenvalue weighted by Gasteiger charge is 2.29. The Labute approximate surface area is 84.3 Å². The molecular weight excluding hydrogens is 200 g/mol. The predicted molar refractivity (Wildman–Crippen MR) is 47.3 cm³/mol. The maximum absolute atomic E-state index is 11.5. The summed E-state index contributed by atoms with van der Waals surface area (Å²) in [6, 6.07) is -0.0900. The molecule has 0 radical (unpaired) electrons. The van der Waals surface area contributed by atoms with Gasteiger partial charge in [-0.2, -0.15) is 0 Å². The van der Waals surface area contributed by atoms with E-state index in [9.17, 15) is 4.79 Å². The van der Waals surface area contributed by atoms with Gasteiger partial charge in [-0.15, -0.1) is 5.10 Å². The first-order valence-electron chi connectivity index (χ1n) is 4.32. The summed E-state index contributed by atoms with van der Waals surface area (Å²) in [5.41, 5.74) is 8.16. The van der Waals surface area contributed by atoms with Gasteiger partial charge in [-0.3, -0.25) is 4.79 Å². The van der Waals surface area contributed by atoms with E-state index in [1.54, 1.807) is 4.90 Å². The zero-order valence-electron chi connectivity index (χ0n) is 7.76. The Morgan fingerprint density at radius 1 is 1.67 bits per heavy atom. The van der Waals surface area contributed by atoms with Gasteiger partial charge in [-0.1, -0.05) is 5.11 Å². The van der Waals surface area contributed by atoms with Crippen LogP contribution in [0.3, 0.4) is 0 Å². The van der Waals surface area contributed by atoms with Gasteiger partial charge in [-0.25, -0.2) is 4.68 Å². The molecule has 1 aliphatic heterocycles. The molecule has 2 rings (SSSR count). The minimum absolute atomic E-state index is 0.0771. The Morgan fingerprint density at radius 2 is 2.47 bits per heavy atom. The number of carbonyl (C=O) groups excluding carboxylic acids is 1. The van der Waals surface area contributed by atoms with Crippen molar-refractivity contribution in [2.75, 3.05) is 13.1 Å². The number of azide groups is 1. The lowest BCUT2D eigenvalue weighted by Gasteiger charge is -2.36. The second-order valence-corrected chi connectivity index (χ2v) is 3.16. The van der Waals surface area contributed by atoms with Crippen molar-refractivity contribution in [3.05, 3.63) is 16.8 Å². The lowest BCUT2D eigenvalue weighted by Crippen LogP contribution is -2.53. The number of hydrogen-bond donors (Lipinski definition) is 0. The third-order valence-corrected chi connectivity index (χ3v) is 2.12. The molecule has 0 unspecified atom stereocenters. The monoisotopic (exact) mass is 208 g/mol. The molecular formula is C6H8N8O. The van der Waals surface area contributed by atoms with Crippen LogP contribution in [0.25, 0.3) is 10.4 Å². The summed E-state index contributed by atoms with van der Waals surface area (Å²) in [6.45, 7) is 1.08. The highest BCUT2D eigenvalue weighted by Crippen LogP contribution is 2.11.